The number of β-amino-alcohol motifs (C(OH)–C–C–N with tert-alkyl or cyclic N) is 1. The average molecular weight is 322 g/mol. The Kier molecular flexibility index (Phi) is 4.03. The summed E-state index contributed by atoms with van der Waals surface area (Å²) in [6.45, 7) is 3.92. The zero-order chi connectivity index (χ0) is 16.9. The van der Waals surface area contributed by atoms with Gasteiger partial charge in [-0.05, 0) is 37.8 Å². The van der Waals surface area contributed by atoms with E-state index in [9.17, 15) is 24.9 Å². The number of nitrogens with zero attached hydrogens (tertiary/aromatic N) is 1. The summed E-state index contributed by atoms with van der Waals surface area (Å²) < 4.78 is 0. The molecule has 0 bridgehead atoms. The highest BCUT2D eigenvalue weighted by atomic mass is 16.4. The molecule has 0 aliphatic carbocycles. The maximum Gasteiger partial charge on any atom is 0.352 e. The summed E-state index contributed by atoms with van der Waals surface area (Å²) in [6, 6.07) is -0.266. The van der Waals surface area contributed by atoms with Crippen molar-refractivity contribution in [2.45, 2.75) is 51.0 Å². The molecular weight excluding hydrogens is 300 g/mol. The van der Waals surface area contributed by atoms with Gasteiger partial charge in [0.05, 0.1) is 24.2 Å². The van der Waals surface area contributed by atoms with Crippen LogP contribution < -0.4 is 5.32 Å². The first-order valence-corrected chi connectivity index (χ1v) is 7.89. The Bertz CT molecular complexity index is 610. The fourth-order valence-corrected chi connectivity index (χ4v) is 3.90. The maximum absolute atomic E-state index is 12.2. The molecule has 3 rings (SSSR count). The zero-order valence-electron chi connectivity index (χ0n) is 13.2. The molecule has 3 aliphatic heterocycles. The van der Waals surface area contributed by atoms with Crippen molar-refractivity contribution in [1.29, 1.82) is 0 Å². The molecule has 7 nitrogen and oxygen atoms in total. The molecular formula is C16H22N2O5. The monoisotopic (exact) mass is 322 g/mol. The predicted octanol–water partition coefficient (Wildman–Crippen LogP) is -0.394. The minimum Gasteiger partial charge on any atom is -0.477 e. The van der Waals surface area contributed by atoms with Crippen LogP contribution in [-0.4, -0.2) is 62.9 Å². The smallest absolute Gasteiger partial charge is 0.352 e. The third-order valence-electron chi connectivity index (χ3n) is 5.00. The second-order valence-electron chi connectivity index (χ2n) is 6.63. The van der Waals surface area contributed by atoms with Crippen LogP contribution in [0.4, 0.5) is 0 Å². The van der Waals surface area contributed by atoms with Crippen LogP contribution in [0.1, 0.15) is 26.7 Å². The van der Waals surface area contributed by atoms with E-state index in [4.69, 9.17) is 0 Å². The SMILES string of the molecule is CC(=C[C@@H]1C[C@@H](O)CN1)C1=C(C(=O)O)N2C(=O)[C@H]([C@@H](C)O)[C@H]2C1. The van der Waals surface area contributed by atoms with Gasteiger partial charge < -0.3 is 25.5 Å². The van der Waals surface area contributed by atoms with Crippen molar-refractivity contribution in [1.82, 2.24) is 10.2 Å². The van der Waals surface area contributed by atoms with E-state index in [0.717, 1.165) is 5.57 Å². The Balaban J connectivity index is 1.87. The molecule has 1 amide bonds. The molecule has 0 unspecified atom stereocenters. The molecule has 0 saturated carbocycles. The number of allylic oxidation sites excluding steroid dienone is 1. The molecule has 0 spiro atoms. The Morgan fingerprint density at radius 1 is 1.48 bits per heavy atom. The number of β-lactam (4-membered cyclic amide) rings is 1. The van der Waals surface area contributed by atoms with Gasteiger partial charge in [-0.1, -0.05) is 6.08 Å². The van der Waals surface area contributed by atoms with Crippen LogP contribution in [0.5, 0.6) is 0 Å². The van der Waals surface area contributed by atoms with Crippen LogP contribution in [0, 0.1) is 5.92 Å². The van der Waals surface area contributed by atoms with Crippen molar-refractivity contribution in [2.24, 2.45) is 5.92 Å². The lowest BCUT2D eigenvalue weighted by Crippen LogP contribution is -2.61. The average Bonchev–Trinajstić information content (AvgIpc) is 2.99. The normalized spacial score (nSPS) is 35.4. The summed E-state index contributed by atoms with van der Waals surface area (Å²) in [5, 5.41) is 32.0. The van der Waals surface area contributed by atoms with Gasteiger partial charge in [-0.15, -0.1) is 0 Å². The minimum atomic E-state index is -1.12. The first-order chi connectivity index (χ1) is 10.8. The third kappa shape index (κ3) is 2.58. The van der Waals surface area contributed by atoms with E-state index in [1.165, 1.54) is 4.90 Å². The number of fused-ring (bicyclic) bond motifs is 1. The first kappa shape index (κ1) is 16.2. The first-order valence-electron chi connectivity index (χ1n) is 7.89. The summed E-state index contributed by atoms with van der Waals surface area (Å²) in [5.74, 6) is -1.97. The van der Waals surface area contributed by atoms with Gasteiger partial charge >= 0.3 is 5.97 Å². The van der Waals surface area contributed by atoms with E-state index < -0.39 is 18.0 Å². The second-order valence-corrected chi connectivity index (χ2v) is 6.63. The molecule has 7 heteroatoms. The highest BCUT2D eigenvalue weighted by Gasteiger charge is 2.56. The molecule has 0 radical (unpaired) electrons. The minimum absolute atomic E-state index is 0.00376. The lowest BCUT2D eigenvalue weighted by atomic mass is 9.82. The number of nitrogens with one attached hydrogen (secondary N) is 1. The standard InChI is InChI=1S/C16H22N2O5/c1-7(3-9-4-10(20)6-17-9)11-5-12-13(8(2)19)15(21)18(12)14(11)16(22)23/h3,8-10,12-13,17,19-20H,4-6H2,1-2H3,(H,22,23)/t8-,9-,10-,12-,13-/m1/s1. The van der Waals surface area contributed by atoms with Crippen molar-refractivity contribution in [3.8, 4) is 0 Å². The second kappa shape index (κ2) is 5.74. The largest absolute Gasteiger partial charge is 0.477 e. The highest BCUT2D eigenvalue weighted by Crippen LogP contribution is 2.45. The Morgan fingerprint density at radius 3 is 2.70 bits per heavy atom. The maximum atomic E-state index is 12.2. The van der Waals surface area contributed by atoms with Crippen molar-refractivity contribution < 1.29 is 24.9 Å². The number of carboxylic acids is 1. The summed E-state index contributed by atoms with van der Waals surface area (Å²) in [5.41, 5.74) is 1.48. The molecule has 3 heterocycles. The summed E-state index contributed by atoms with van der Waals surface area (Å²) in [6.07, 6.45) is 1.79. The van der Waals surface area contributed by atoms with Crippen molar-refractivity contribution in [3.05, 3.63) is 22.9 Å². The van der Waals surface area contributed by atoms with Gasteiger partial charge in [0.15, 0.2) is 0 Å². The number of aliphatic hydroxyl groups excluding tert-OH is 2. The molecule has 23 heavy (non-hydrogen) atoms. The zero-order valence-corrected chi connectivity index (χ0v) is 13.2. The molecule has 126 valence electrons. The molecule has 0 aromatic heterocycles. The number of aliphatic carboxylic acids is 1. The van der Waals surface area contributed by atoms with E-state index in [1.807, 2.05) is 13.0 Å². The predicted molar refractivity (Wildman–Crippen MR) is 81.3 cm³/mol. The van der Waals surface area contributed by atoms with E-state index in [1.54, 1.807) is 6.92 Å². The molecule has 2 fully saturated rings. The summed E-state index contributed by atoms with van der Waals surface area (Å²) in [4.78, 5) is 25.1. The topological polar surface area (TPSA) is 110 Å². The quantitative estimate of drug-likeness (QED) is 0.525. The van der Waals surface area contributed by atoms with Gasteiger partial charge in [0.25, 0.3) is 0 Å². The molecule has 5 atom stereocenters. The molecule has 3 aliphatic rings. The van der Waals surface area contributed by atoms with Gasteiger partial charge in [0, 0.05) is 12.6 Å². The van der Waals surface area contributed by atoms with E-state index in [0.29, 0.717) is 25.0 Å². The number of rotatable bonds is 4. The fraction of sp³-hybridized carbons (Fsp3) is 0.625. The van der Waals surface area contributed by atoms with Crippen LogP contribution in [-0.2, 0) is 9.59 Å². The molecule has 2 saturated heterocycles. The van der Waals surface area contributed by atoms with Gasteiger partial charge in [-0.25, -0.2) is 4.79 Å². The Labute approximate surface area is 134 Å². The number of hydrogen-bond acceptors (Lipinski definition) is 5. The van der Waals surface area contributed by atoms with Crippen LogP contribution in [0.15, 0.2) is 22.9 Å². The lowest BCUT2D eigenvalue weighted by Gasteiger charge is -2.44. The van der Waals surface area contributed by atoms with Crippen LogP contribution in [0.25, 0.3) is 0 Å². The van der Waals surface area contributed by atoms with Crippen LogP contribution in [0.2, 0.25) is 0 Å². The van der Waals surface area contributed by atoms with Gasteiger partial charge in [-0.3, -0.25) is 4.79 Å². The van der Waals surface area contributed by atoms with Gasteiger partial charge in [0.1, 0.15) is 5.70 Å². The van der Waals surface area contributed by atoms with Crippen molar-refractivity contribution in [3.63, 3.8) is 0 Å². The van der Waals surface area contributed by atoms with E-state index >= 15 is 0 Å². The Hall–Kier alpha value is -1.70. The van der Waals surface area contributed by atoms with Crippen LogP contribution >= 0.6 is 0 Å². The summed E-state index contributed by atoms with van der Waals surface area (Å²) in [7, 11) is 0. The van der Waals surface area contributed by atoms with E-state index in [-0.39, 0.29) is 29.8 Å². The van der Waals surface area contributed by atoms with Gasteiger partial charge in [-0.2, -0.15) is 0 Å². The van der Waals surface area contributed by atoms with Gasteiger partial charge in [0.2, 0.25) is 5.91 Å². The van der Waals surface area contributed by atoms with Crippen molar-refractivity contribution in [2.75, 3.05) is 6.54 Å². The molecule has 0 aromatic carbocycles. The number of aliphatic hydroxyl groups is 2. The third-order valence-corrected chi connectivity index (χ3v) is 5.00. The molecule has 4 N–H and O–H groups in total. The summed E-state index contributed by atoms with van der Waals surface area (Å²) >= 11 is 0. The number of hydrogen-bond donors (Lipinski definition) is 4. The molecule has 0 aromatic rings. The van der Waals surface area contributed by atoms with Crippen molar-refractivity contribution >= 4 is 11.9 Å². The number of amides is 1. The Morgan fingerprint density at radius 2 is 2.17 bits per heavy atom. The number of carbonyl (C=O) groups is 2. The van der Waals surface area contributed by atoms with Crippen LogP contribution in [0.3, 0.4) is 0 Å². The highest BCUT2D eigenvalue weighted by molar-refractivity contribution is 6.00. The number of carbonyl (C=O) groups excluding carboxylic acids is 1. The van der Waals surface area contributed by atoms with E-state index in [2.05, 4.69) is 5.32 Å². The fourth-order valence-electron chi connectivity index (χ4n) is 3.90. The number of carboxylic acid groups (broad SMARTS) is 1. The lowest BCUT2D eigenvalue weighted by molar-refractivity contribution is -0.161.